The topological polar surface area (TPSA) is 58.2 Å². The third-order valence-electron chi connectivity index (χ3n) is 3.86. The van der Waals surface area contributed by atoms with Gasteiger partial charge in [-0.3, -0.25) is 9.59 Å². The zero-order chi connectivity index (χ0) is 17.6. The van der Waals surface area contributed by atoms with Crippen molar-refractivity contribution in [1.29, 1.82) is 0 Å². The first-order valence-electron chi connectivity index (χ1n) is 7.98. The number of carbonyl (C=O) groups is 2. The molecule has 3 rings (SSSR count). The number of fused-ring (bicyclic) bond motifs is 1. The highest BCUT2D eigenvalue weighted by atomic mass is 16.2. The van der Waals surface area contributed by atoms with Crippen LogP contribution in [0.5, 0.6) is 0 Å². The molecule has 4 nitrogen and oxygen atoms in total. The average molecular weight is 330 g/mol. The van der Waals surface area contributed by atoms with Crippen LogP contribution < -0.4 is 10.6 Å². The molecule has 2 N–H and O–H groups in total. The summed E-state index contributed by atoms with van der Waals surface area (Å²) in [5.41, 5.74) is 1.38. The van der Waals surface area contributed by atoms with E-state index in [1.54, 1.807) is 30.3 Å². The minimum Gasteiger partial charge on any atom is -0.349 e. The van der Waals surface area contributed by atoms with E-state index in [0.29, 0.717) is 23.4 Å². The van der Waals surface area contributed by atoms with E-state index in [4.69, 9.17) is 0 Å². The molecule has 0 heterocycles. The summed E-state index contributed by atoms with van der Waals surface area (Å²) in [4.78, 5) is 25.0. The molecule has 0 unspecified atom stereocenters. The van der Waals surface area contributed by atoms with Crippen LogP contribution in [0.25, 0.3) is 10.8 Å². The molecule has 4 heteroatoms. The second-order valence-corrected chi connectivity index (χ2v) is 5.53. The lowest BCUT2D eigenvalue weighted by Crippen LogP contribution is -2.26. The van der Waals surface area contributed by atoms with Gasteiger partial charge in [0.1, 0.15) is 0 Å². The van der Waals surface area contributed by atoms with Gasteiger partial charge in [-0.05, 0) is 23.6 Å². The molecule has 2 amide bonds. The number of anilines is 1. The van der Waals surface area contributed by atoms with Crippen molar-refractivity contribution >= 4 is 28.3 Å². The van der Waals surface area contributed by atoms with E-state index < -0.39 is 0 Å². The van der Waals surface area contributed by atoms with Gasteiger partial charge in [0.15, 0.2) is 0 Å². The van der Waals surface area contributed by atoms with E-state index in [1.807, 2.05) is 42.5 Å². The lowest BCUT2D eigenvalue weighted by atomic mass is 10.0. The number of carbonyl (C=O) groups excluding carboxylic acids is 2. The largest absolute Gasteiger partial charge is 0.349 e. The van der Waals surface area contributed by atoms with Gasteiger partial charge in [-0.1, -0.05) is 54.6 Å². The quantitative estimate of drug-likeness (QED) is 0.695. The Morgan fingerprint density at radius 2 is 1.48 bits per heavy atom. The van der Waals surface area contributed by atoms with Crippen molar-refractivity contribution in [2.45, 2.75) is 0 Å². The first-order valence-corrected chi connectivity index (χ1v) is 7.98. The van der Waals surface area contributed by atoms with Gasteiger partial charge < -0.3 is 10.6 Å². The van der Waals surface area contributed by atoms with Crippen molar-refractivity contribution in [3.05, 3.63) is 90.5 Å². The maximum absolute atomic E-state index is 12.7. The summed E-state index contributed by atoms with van der Waals surface area (Å²) in [7, 11) is 0. The maximum Gasteiger partial charge on any atom is 0.256 e. The molecular weight excluding hydrogens is 312 g/mol. The Kier molecular flexibility index (Phi) is 4.90. The van der Waals surface area contributed by atoms with Crippen molar-refractivity contribution in [3.63, 3.8) is 0 Å². The van der Waals surface area contributed by atoms with Gasteiger partial charge in [-0.2, -0.15) is 0 Å². The van der Waals surface area contributed by atoms with Gasteiger partial charge in [-0.25, -0.2) is 0 Å². The third-order valence-corrected chi connectivity index (χ3v) is 3.86. The molecule has 0 fully saturated rings. The summed E-state index contributed by atoms with van der Waals surface area (Å²) in [6.07, 6.45) is 1.59. The molecule has 0 atom stereocenters. The average Bonchev–Trinajstić information content (AvgIpc) is 2.66. The van der Waals surface area contributed by atoms with Crippen LogP contribution in [0.3, 0.4) is 0 Å². The number of rotatable bonds is 5. The lowest BCUT2D eigenvalue weighted by molar-refractivity contribution is 0.0944. The van der Waals surface area contributed by atoms with E-state index >= 15 is 0 Å². The summed E-state index contributed by atoms with van der Waals surface area (Å²) in [6.45, 7) is 3.92. The maximum atomic E-state index is 12.7. The van der Waals surface area contributed by atoms with Crippen LogP contribution in [0.15, 0.2) is 79.4 Å². The first-order chi connectivity index (χ1) is 12.2. The summed E-state index contributed by atoms with van der Waals surface area (Å²) >= 11 is 0. The molecule has 0 aliphatic rings. The molecule has 0 bridgehead atoms. The summed E-state index contributed by atoms with van der Waals surface area (Å²) in [5, 5.41) is 7.60. The predicted octanol–water partition coefficient (Wildman–Crippen LogP) is 4.01. The van der Waals surface area contributed by atoms with Gasteiger partial charge in [0.2, 0.25) is 0 Å². The molecule has 3 aromatic carbocycles. The summed E-state index contributed by atoms with van der Waals surface area (Å²) in [6, 6.07) is 20.3. The van der Waals surface area contributed by atoms with Crippen LogP contribution in [0, 0.1) is 0 Å². The van der Waals surface area contributed by atoms with Crippen LogP contribution >= 0.6 is 0 Å². The van der Waals surface area contributed by atoms with Gasteiger partial charge in [-0.15, -0.1) is 6.58 Å². The lowest BCUT2D eigenvalue weighted by Gasteiger charge is -2.11. The highest BCUT2D eigenvalue weighted by molar-refractivity contribution is 6.14. The molecule has 0 aliphatic carbocycles. The minimum atomic E-state index is -0.319. The molecule has 0 radical (unpaired) electrons. The standard InChI is InChI=1S/C21H18N2O2/c1-2-14-22-20(24)17-11-5-6-12-18(17)21(25)23-19-13-7-9-15-8-3-4-10-16(15)19/h2-13H,1,14H2,(H,22,24)(H,23,25). The van der Waals surface area contributed by atoms with Gasteiger partial charge in [0.25, 0.3) is 11.8 Å². The first kappa shape index (κ1) is 16.5. The molecule has 25 heavy (non-hydrogen) atoms. The Labute approximate surface area is 146 Å². The second kappa shape index (κ2) is 7.45. The molecule has 0 aromatic heterocycles. The van der Waals surface area contributed by atoms with Crippen LogP contribution in [-0.4, -0.2) is 18.4 Å². The molecule has 0 saturated heterocycles. The third kappa shape index (κ3) is 3.58. The summed E-state index contributed by atoms with van der Waals surface area (Å²) < 4.78 is 0. The summed E-state index contributed by atoms with van der Waals surface area (Å²) in [5.74, 6) is -0.621. The molecule has 0 saturated carbocycles. The van der Waals surface area contributed by atoms with Crippen LogP contribution in [0.4, 0.5) is 5.69 Å². The normalized spacial score (nSPS) is 10.2. The fourth-order valence-corrected chi connectivity index (χ4v) is 2.66. The zero-order valence-electron chi connectivity index (χ0n) is 13.7. The Balaban J connectivity index is 1.91. The monoisotopic (exact) mass is 330 g/mol. The highest BCUT2D eigenvalue weighted by Crippen LogP contribution is 2.24. The van der Waals surface area contributed by atoms with Crippen LogP contribution in [0.1, 0.15) is 20.7 Å². The smallest absolute Gasteiger partial charge is 0.256 e. The minimum absolute atomic E-state index is 0.302. The second-order valence-electron chi connectivity index (χ2n) is 5.53. The van der Waals surface area contributed by atoms with Crippen LogP contribution in [-0.2, 0) is 0 Å². The SMILES string of the molecule is C=CCNC(=O)c1ccccc1C(=O)Nc1cccc2ccccc12. The molecule has 0 aliphatic heterocycles. The van der Waals surface area contributed by atoms with Crippen molar-refractivity contribution in [1.82, 2.24) is 5.32 Å². The Morgan fingerprint density at radius 1 is 0.840 bits per heavy atom. The van der Waals surface area contributed by atoms with Crippen molar-refractivity contribution in [2.24, 2.45) is 0 Å². The molecule has 3 aromatic rings. The van der Waals surface area contributed by atoms with Gasteiger partial charge in [0.05, 0.1) is 11.1 Å². The highest BCUT2D eigenvalue weighted by Gasteiger charge is 2.16. The fraction of sp³-hybridized carbons (Fsp3) is 0.0476. The van der Waals surface area contributed by atoms with E-state index in [9.17, 15) is 9.59 Å². The zero-order valence-corrected chi connectivity index (χ0v) is 13.7. The Hall–Kier alpha value is -3.40. The molecule has 0 spiro atoms. The van der Waals surface area contributed by atoms with Gasteiger partial charge >= 0.3 is 0 Å². The van der Waals surface area contributed by atoms with Crippen molar-refractivity contribution in [3.8, 4) is 0 Å². The van der Waals surface area contributed by atoms with Crippen molar-refractivity contribution in [2.75, 3.05) is 11.9 Å². The van der Waals surface area contributed by atoms with E-state index in [2.05, 4.69) is 17.2 Å². The van der Waals surface area contributed by atoms with Gasteiger partial charge in [0, 0.05) is 17.6 Å². The Morgan fingerprint density at radius 3 is 2.24 bits per heavy atom. The predicted molar refractivity (Wildman–Crippen MR) is 101 cm³/mol. The van der Waals surface area contributed by atoms with E-state index in [1.165, 1.54) is 0 Å². The molecular formula is C21H18N2O2. The molecule has 124 valence electrons. The number of nitrogens with one attached hydrogen (secondary N) is 2. The van der Waals surface area contributed by atoms with Crippen LogP contribution in [0.2, 0.25) is 0 Å². The van der Waals surface area contributed by atoms with E-state index in [-0.39, 0.29) is 11.8 Å². The fourth-order valence-electron chi connectivity index (χ4n) is 2.66. The number of hydrogen-bond acceptors (Lipinski definition) is 2. The van der Waals surface area contributed by atoms with Crippen molar-refractivity contribution < 1.29 is 9.59 Å². The Bertz CT molecular complexity index is 942. The number of benzene rings is 3. The number of amides is 2. The number of hydrogen-bond donors (Lipinski definition) is 2. The van der Waals surface area contributed by atoms with E-state index in [0.717, 1.165) is 10.8 Å².